The number of carbonyl (C=O) groups is 3. The summed E-state index contributed by atoms with van der Waals surface area (Å²) < 4.78 is 16.1. The molecule has 1 aromatic rings. The van der Waals surface area contributed by atoms with Gasteiger partial charge in [-0.1, -0.05) is 50.8 Å². The Morgan fingerprint density at radius 3 is 2.37 bits per heavy atom. The lowest BCUT2D eigenvalue weighted by Crippen LogP contribution is -2.37. The first-order valence-corrected chi connectivity index (χ1v) is 9.98. The van der Waals surface area contributed by atoms with Crippen LogP contribution in [0.2, 0.25) is 0 Å². The number of rotatable bonds is 9. The Morgan fingerprint density at radius 2 is 1.77 bits per heavy atom. The molecule has 0 aromatic heterocycles. The van der Waals surface area contributed by atoms with Gasteiger partial charge in [-0.3, -0.25) is 9.59 Å². The smallest absolute Gasteiger partial charge is 0.330 e. The summed E-state index contributed by atoms with van der Waals surface area (Å²) in [5.41, 5.74) is 0.902. The Labute approximate surface area is 177 Å². The first-order valence-electron chi connectivity index (χ1n) is 9.98. The lowest BCUT2D eigenvalue weighted by molar-refractivity contribution is -0.167. The lowest BCUT2D eigenvalue weighted by atomic mass is 9.83. The first-order chi connectivity index (χ1) is 14.4. The normalized spacial score (nSPS) is 18.2. The highest BCUT2D eigenvalue weighted by Gasteiger charge is 2.36. The molecule has 0 amide bonds. The van der Waals surface area contributed by atoms with Crippen LogP contribution in [0.5, 0.6) is 5.75 Å². The van der Waals surface area contributed by atoms with Crippen LogP contribution in [0.1, 0.15) is 32.3 Å². The SMILES string of the molecule is C=CC(=O)OCC(COc1ccccc1C)OC(=O)C1CC=CCC1C(=O)O.CC. The summed E-state index contributed by atoms with van der Waals surface area (Å²) in [5.74, 6) is -3.37. The largest absolute Gasteiger partial charge is 0.489 e. The molecule has 0 saturated heterocycles. The van der Waals surface area contributed by atoms with Gasteiger partial charge in [-0.05, 0) is 31.4 Å². The van der Waals surface area contributed by atoms with Crippen LogP contribution in [0.15, 0.2) is 49.1 Å². The fourth-order valence-electron chi connectivity index (χ4n) is 2.85. The second-order valence-electron chi connectivity index (χ2n) is 6.46. The molecule has 164 valence electrons. The zero-order valence-electron chi connectivity index (χ0n) is 17.7. The van der Waals surface area contributed by atoms with Crippen LogP contribution >= 0.6 is 0 Å². The standard InChI is InChI=1S/C21H24O7.C2H6/c1-3-19(22)27-13-15(12-26-18-11-7-4-8-14(18)2)28-21(25)17-10-6-5-9-16(17)20(23)24;1-2/h3-8,11,15-17H,1,9-10,12-13H2,2H3,(H,23,24);1-2H3. The minimum atomic E-state index is -1.04. The van der Waals surface area contributed by atoms with E-state index in [0.29, 0.717) is 5.75 Å². The molecule has 0 spiro atoms. The van der Waals surface area contributed by atoms with Gasteiger partial charge in [0.2, 0.25) is 0 Å². The Kier molecular flexibility index (Phi) is 11.0. The summed E-state index contributed by atoms with van der Waals surface area (Å²) in [6.07, 6.45) is 4.19. The van der Waals surface area contributed by atoms with Crippen molar-refractivity contribution in [2.75, 3.05) is 13.2 Å². The number of hydrogen-bond acceptors (Lipinski definition) is 6. The van der Waals surface area contributed by atoms with E-state index in [4.69, 9.17) is 14.2 Å². The Bertz CT molecular complexity index is 754. The van der Waals surface area contributed by atoms with E-state index in [1.54, 1.807) is 18.2 Å². The zero-order valence-corrected chi connectivity index (χ0v) is 17.7. The highest BCUT2D eigenvalue weighted by molar-refractivity contribution is 5.82. The van der Waals surface area contributed by atoms with E-state index in [0.717, 1.165) is 11.6 Å². The minimum absolute atomic E-state index is 0.0404. The number of benzene rings is 1. The number of ether oxygens (including phenoxy) is 3. The van der Waals surface area contributed by atoms with E-state index < -0.39 is 35.8 Å². The summed E-state index contributed by atoms with van der Waals surface area (Å²) in [7, 11) is 0. The molecule has 1 aliphatic rings. The number of para-hydroxylation sites is 1. The van der Waals surface area contributed by atoms with E-state index in [2.05, 4.69) is 6.58 Å². The van der Waals surface area contributed by atoms with Crippen molar-refractivity contribution >= 4 is 17.9 Å². The van der Waals surface area contributed by atoms with E-state index in [1.165, 1.54) is 0 Å². The van der Waals surface area contributed by atoms with Crippen molar-refractivity contribution < 1.29 is 33.7 Å². The van der Waals surface area contributed by atoms with Crippen molar-refractivity contribution in [3.05, 3.63) is 54.6 Å². The van der Waals surface area contributed by atoms with Gasteiger partial charge in [0, 0.05) is 6.08 Å². The summed E-state index contributed by atoms with van der Waals surface area (Å²) in [4.78, 5) is 35.4. The molecule has 30 heavy (non-hydrogen) atoms. The van der Waals surface area contributed by atoms with E-state index >= 15 is 0 Å². The molecule has 0 fully saturated rings. The molecule has 7 nitrogen and oxygen atoms in total. The predicted molar refractivity (Wildman–Crippen MR) is 112 cm³/mol. The molecular weight excluding hydrogens is 388 g/mol. The molecule has 1 aliphatic carbocycles. The number of aliphatic carboxylic acids is 1. The fourth-order valence-corrected chi connectivity index (χ4v) is 2.85. The Morgan fingerprint density at radius 1 is 1.13 bits per heavy atom. The van der Waals surface area contributed by atoms with Gasteiger partial charge in [-0.15, -0.1) is 0 Å². The Hall–Kier alpha value is -3.09. The number of esters is 2. The average Bonchev–Trinajstić information content (AvgIpc) is 2.77. The van der Waals surface area contributed by atoms with E-state index in [1.807, 2.05) is 39.0 Å². The van der Waals surface area contributed by atoms with Crippen LogP contribution in [-0.2, 0) is 23.9 Å². The van der Waals surface area contributed by atoms with Gasteiger partial charge in [-0.2, -0.15) is 0 Å². The number of carbonyl (C=O) groups excluding carboxylic acids is 2. The van der Waals surface area contributed by atoms with E-state index in [9.17, 15) is 19.5 Å². The molecule has 1 N–H and O–H groups in total. The average molecular weight is 418 g/mol. The highest BCUT2D eigenvalue weighted by atomic mass is 16.6. The van der Waals surface area contributed by atoms with Crippen molar-refractivity contribution in [3.63, 3.8) is 0 Å². The molecule has 0 aliphatic heterocycles. The third-order valence-corrected chi connectivity index (χ3v) is 4.43. The third kappa shape index (κ3) is 7.73. The summed E-state index contributed by atoms with van der Waals surface area (Å²) in [5, 5.41) is 9.34. The number of aryl methyl sites for hydroxylation is 1. The summed E-state index contributed by atoms with van der Waals surface area (Å²) in [6.45, 7) is 8.94. The number of allylic oxidation sites excluding steroid dienone is 2. The van der Waals surface area contributed by atoms with Crippen molar-refractivity contribution in [1.29, 1.82) is 0 Å². The van der Waals surface area contributed by atoms with Crippen LogP contribution in [0, 0.1) is 18.8 Å². The maximum atomic E-state index is 12.6. The molecule has 2 rings (SSSR count). The molecule has 3 unspecified atom stereocenters. The molecule has 7 heteroatoms. The third-order valence-electron chi connectivity index (χ3n) is 4.43. The molecule has 0 heterocycles. The zero-order chi connectivity index (χ0) is 22.5. The van der Waals surface area contributed by atoms with Gasteiger partial charge in [0.25, 0.3) is 0 Å². The minimum Gasteiger partial charge on any atom is -0.489 e. The Balaban J connectivity index is 0.00000218. The van der Waals surface area contributed by atoms with Gasteiger partial charge < -0.3 is 19.3 Å². The first kappa shape index (κ1) is 24.9. The summed E-state index contributed by atoms with van der Waals surface area (Å²) in [6, 6.07) is 7.33. The number of carboxylic acids is 1. The quantitative estimate of drug-likeness (QED) is 0.371. The van der Waals surface area contributed by atoms with Gasteiger partial charge >= 0.3 is 17.9 Å². The van der Waals surface area contributed by atoms with Crippen molar-refractivity contribution in [1.82, 2.24) is 0 Å². The van der Waals surface area contributed by atoms with Gasteiger partial charge in [-0.25, -0.2) is 4.79 Å². The molecule has 1 aromatic carbocycles. The van der Waals surface area contributed by atoms with Crippen LogP contribution in [0.25, 0.3) is 0 Å². The number of hydrogen-bond donors (Lipinski definition) is 1. The predicted octanol–water partition coefficient (Wildman–Crippen LogP) is 3.71. The van der Waals surface area contributed by atoms with Crippen molar-refractivity contribution in [2.45, 2.75) is 39.7 Å². The highest BCUT2D eigenvalue weighted by Crippen LogP contribution is 2.27. The molecule has 3 atom stereocenters. The van der Waals surface area contributed by atoms with Crippen LogP contribution < -0.4 is 4.74 Å². The molecule has 0 saturated carbocycles. The van der Waals surface area contributed by atoms with Gasteiger partial charge in [0.05, 0.1) is 11.8 Å². The van der Waals surface area contributed by atoms with Crippen LogP contribution in [-0.4, -0.2) is 42.3 Å². The van der Waals surface area contributed by atoms with Gasteiger partial charge in [0.15, 0.2) is 6.10 Å². The van der Waals surface area contributed by atoms with Gasteiger partial charge in [0.1, 0.15) is 19.0 Å². The van der Waals surface area contributed by atoms with Crippen molar-refractivity contribution in [2.24, 2.45) is 11.8 Å². The van der Waals surface area contributed by atoms with Crippen LogP contribution in [0.4, 0.5) is 0 Å². The topological polar surface area (TPSA) is 99.1 Å². The molecule has 0 radical (unpaired) electrons. The maximum absolute atomic E-state index is 12.6. The van der Waals surface area contributed by atoms with Crippen LogP contribution in [0.3, 0.4) is 0 Å². The molecule has 0 bridgehead atoms. The second kappa shape index (κ2) is 13.2. The lowest BCUT2D eigenvalue weighted by Gasteiger charge is -2.26. The van der Waals surface area contributed by atoms with E-state index in [-0.39, 0.29) is 26.1 Å². The number of carboxylic acid groups (broad SMARTS) is 1. The van der Waals surface area contributed by atoms with Crippen molar-refractivity contribution in [3.8, 4) is 5.75 Å². The monoisotopic (exact) mass is 418 g/mol. The fraction of sp³-hybridized carbons (Fsp3) is 0.435. The maximum Gasteiger partial charge on any atom is 0.330 e. The molecular formula is C23H30O7. The summed E-state index contributed by atoms with van der Waals surface area (Å²) >= 11 is 0. The second-order valence-corrected chi connectivity index (χ2v) is 6.46.